The van der Waals surface area contributed by atoms with Gasteiger partial charge in [0.25, 0.3) is 5.91 Å². The maximum absolute atomic E-state index is 13.2. The number of nitrogens with one attached hydrogen (secondary N) is 2. The number of nitrogens with zero attached hydrogens (tertiary/aromatic N) is 2. The number of carbonyl (C=O) groups is 3. The molecule has 0 radical (unpaired) electrons. The Hall–Kier alpha value is -3.39. The molecule has 2 N–H and O–H groups in total. The van der Waals surface area contributed by atoms with Crippen LogP contribution in [0.1, 0.15) is 32.8 Å². The van der Waals surface area contributed by atoms with Gasteiger partial charge in [-0.15, -0.1) is 0 Å². The van der Waals surface area contributed by atoms with Crippen molar-refractivity contribution in [3.63, 3.8) is 0 Å². The number of amides is 4. The monoisotopic (exact) mass is 452 g/mol. The van der Waals surface area contributed by atoms with E-state index in [-0.39, 0.29) is 6.54 Å². The number of hydrogen-bond acceptors (Lipinski definition) is 5. The van der Waals surface area contributed by atoms with Crippen molar-refractivity contribution in [3.8, 4) is 5.75 Å². The molecule has 1 heterocycles. The van der Waals surface area contributed by atoms with E-state index in [0.29, 0.717) is 30.0 Å². The first-order valence-electron chi connectivity index (χ1n) is 11.4. The third-order valence-electron chi connectivity index (χ3n) is 6.00. The van der Waals surface area contributed by atoms with Crippen molar-refractivity contribution in [3.05, 3.63) is 60.2 Å². The van der Waals surface area contributed by atoms with Crippen LogP contribution in [0, 0.1) is 0 Å². The van der Waals surface area contributed by atoms with E-state index in [0.717, 1.165) is 24.5 Å². The first kappa shape index (κ1) is 24.3. The van der Waals surface area contributed by atoms with E-state index in [4.69, 9.17) is 4.74 Å². The average molecular weight is 453 g/mol. The first-order valence-corrected chi connectivity index (χ1v) is 11.4. The van der Waals surface area contributed by atoms with E-state index in [1.807, 2.05) is 31.2 Å². The number of benzene rings is 2. The third kappa shape index (κ3) is 5.34. The highest BCUT2D eigenvalue weighted by Gasteiger charge is 2.51. The molecule has 1 unspecified atom stereocenters. The summed E-state index contributed by atoms with van der Waals surface area (Å²) in [4.78, 5) is 41.8. The smallest absolute Gasteiger partial charge is 0.325 e. The summed E-state index contributed by atoms with van der Waals surface area (Å²) in [5.41, 5.74) is 0.0315. The fraction of sp³-hybridized carbons (Fsp3) is 0.400. The van der Waals surface area contributed by atoms with Crippen LogP contribution in [-0.4, -0.2) is 60.4 Å². The molecule has 33 heavy (non-hydrogen) atoms. The molecule has 0 aliphatic carbocycles. The number of carbonyl (C=O) groups excluding carboxylic acids is 3. The summed E-state index contributed by atoms with van der Waals surface area (Å²) in [5.74, 6) is -0.360. The van der Waals surface area contributed by atoms with Crippen molar-refractivity contribution in [1.82, 2.24) is 15.1 Å². The Labute approximate surface area is 194 Å². The normalized spacial score (nSPS) is 17.9. The Morgan fingerprint density at radius 2 is 1.70 bits per heavy atom. The van der Waals surface area contributed by atoms with Gasteiger partial charge in [0.2, 0.25) is 5.91 Å². The number of anilines is 1. The van der Waals surface area contributed by atoms with Crippen LogP contribution in [0.4, 0.5) is 10.5 Å². The lowest BCUT2D eigenvalue weighted by atomic mass is 9.87. The zero-order chi connectivity index (χ0) is 23.8. The summed E-state index contributed by atoms with van der Waals surface area (Å²) >= 11 is 0. The van der Waals surface area contributed by atoms with Crippen LogP contribution in [0.15, 0.2) is 54.6 Å². The fourth-order valence-corrected chi connectivity index (χ4v) is 3.99. The van der Waals surface area contributed by atoms with Crippen molar-refractivity contribution in [1.29, 1.82) is 0 Å². The van der Waals surface area contributed by atoms with Gasteiger partial charge in [0.05, 0.1) is 5.69 Å². The average Bonchev–Trinajstić information content (AvgIpc) is 3.08. The van der Waals surface area contributed by atoms with Gasteiger partial charge in [-0.3, -0.25) is 14.5 Å². The van der Waals surface area contributed by atoms with Gasteiger partial charge in [-0.1, -0.05) is 63.2 Å². The van der Waals surface area contributed by atoms with Crippen molar-refractivity contribution in [2.45, 2.75) is 32.7 Å². The van der Waals surface area contributed by atoms with Gasteiger partial charge in [-0.25, -0.2) is 4.79 Å². The van der Waals surface area contributed by atoms with Gasteiger partial charge in [0, 0.05) is 6.54 Å². The highest BCUT2D eigenvalue weighted by molar-refractivity contribution is 6.10. The molecule has 8 heteroatoms. The zero-order valence-electron chi connectivity index (χ0n) is 19.5. The van der Waals surface area contributed by atoms with E-state index in [2.05, 4.69) is 29.4 Å². The second kappa shape index (κ2) is 11.0. The number of ether oxygens (including phenoxy) is 1. The van der Waals surface area contributed by atoms with Gasteiger partial charge in [-0.2, -0.15) is 0 Å². The lowest BCUT2D eigenvalue weighted by molar-refractivity contribution is -0.134. The maximum atomic E-state index is 13.2. The molecule has 1 saturated heterocycles. The molecule has 1 aliphatic rings. The molecule has 2 aromatic rings. The summed E-state index contributed by atoms with van der Waals surface area (Å²) in [7, 11) is 0. The van der Waals surface area contributed by atoms with Crippen LogP contribution in [0.5, 0.6) is 5.75 Å². The van der Waals surface area contributed by atoms with Crippen molar-refractivity contribution >= 4 is 23.5 Å². The molecule has 0 saturated carbocycles. The Kier molecular flexibility index (Phi) is 8.06. The molecule has 8 nitrogen and oxygen atoms in total. The number of para-hydroxylation sites is 2. The predicted octanol–water partition coefficient (Wildman–Crippen LogP) is 3.20. The summed E-state index contributed by atoms with van der Waals surface area (Å²) in [6, 6.07) is 15.6. The van der Waals surface area contributed by atoms with Crippen LogP contribution in [0.2, 0.25) is 0 Å². The van der Waals surface area contributed by atoms with Crippen molar-refractivity contribution in [2.24, 2.45) is 0 Å². The Morgan fingerprint density at radius 1 is 1.03 bits per heavy atom. The van der Waals surface area contributed by atoms with Crippen LogP contribution in [0.25, 0.3) is 0 Å². The van der Waals surface area contributed by atoms with Gasteiger partial charge < -0.3 is 20.3 Å². The minimum Gasteiger partial charge on any atom is -0.490 e. The summed E-state index contributed by atoms with van der Waals surface area (Å²) in [6.07, 6.45) is 0.378. The standard InChI is InChI=1S/C25H32N4O4/c1-4-25(19-12-8-7-9-13-19)23(31)29(24(32)27-25)18-22(30)26-20-14-10-11-15-21(20)33-17-16-28(5-2)6-3/h7-15H,4-6,16-18H2,1-3H3,(H,26,30)(H,27,32). The van der Waals surface area contributed by atoms with Crippen molar-refractivity contribution in [2.75, 3.05) is 38.1 Å². The van der Waals surface area contributed by atoms with Crippen LogP contribution < -0.4 is 15.4 Å². The van der Waals surface area contributed by atoms with Crippen molar-refractivity contribution < 1.29 is 19.1 Å². The molecular weight excluding hydrogens is 420 g/mol. The van der Waals surface area contributed by atoms with E-state index in [1.165, 1.54) is 0 Å². The molecule has 1 aliphatic heterocycles. The SMILES string of the molecule is CCN(CC)CCOc1ccccc1NC(=O)CN1C(=O)NC(CC)(c2ccccc2)C1=O. The Bertz CT molecular complexity index is 977. The predicted molar refractivity (Wildman–Crippen MR) is 127 cm³/mol. The molecular formula is C25H32N4O4. The van der Waals surface area contributed by atoms with E-state index in [9.17, 15) is 14.4 Å². The molecule has 1 atom stereocenters. The first-order chi connectivity index (χ1) is 15.9. The molecule has 0 aromatic heterocycles. The van der Waals surface area contributed by atoms with Gasteiger partial charge >= 0.3 is 6.03 Å². The molecule has 176 valence electrons. The minimum absolute atomic E-state index is 0.378. The number of urea groups is 1. The molecule has 2 aromatic carbocycles. The molecule has 0 bridgehead atoms. The molecule has 3 rings (SSSR count). The number of rotatable bonds is 11. The Balaban J connectivity index is 1.67. The fourth-order valence-electron chi connectivity index (χ4n) is 3.99. The lowest BCUT2D eigenvalue weighted by Crippen LogP contribution is -2.44. The van der Waals surface area contributed by atoms with Gasteiger partial charge in [0.1, 0.15) is 24.4 Å². The molecule has 4 amide bonds. The van der Waals surface area contributed by atoms with Crippen LogP contribution in [0.3, 0.4) is 0 Å². The summed E-state index contributed by atoms with van der Waals surface area (Å²) < 4.78 is 5.88. The highest BCUT2D eigenvalue weighted by Crippen LogP contribution is 2.32. The molecule has 0 spiro atoms. The summed E-state index contributed by atoms with van der Waals surface area (Å²) in [5, 5.41) is 5.57. The quantitative estimate of drug-likeness (QED) is 0.511. The van der Waals surface area contributed by atoms with Gasteiger partial charge in [-0.05, 0) is 37.2 Å². The second-order valence-electron chi connectivity index (χ2n) is 7.87. The highest BCUT2D eigenvalue weighted by atomic mass is 16.5. The number of hydrogen-bond donors (Lipinski definition) is 2. The summed E-state index contributed by atoms with van der Waals surface area (Å²) in [6.45, 7) is 8.78. The maximum Gasteiger partial charge on any atom is 0.325 e. The van der Waals surface area contributed by atoms with E-state index in [1.54, 1.807) is 30.3 Å². The number of likely N-dealkylation sites (N-methyl/N-ethyl adjacent to an activating group) is 1. The largest absolute Gasteiger partial charge is 0.490 e. The third-order valence-corrected chi connectivity index (χ3v) is 6.00. The molecule has 1 fully saturated rings. The minimum atomic E-state index is -1.16. The van der Waals surface area contributed by atoms with Crippen LogP contribution >= 0.6 is 0 Å². The van der Waals surface area contributed by atoms with Gasteiger partial charge in [0.15, 0.2) is 0 Å². The number of imide groups is 1. The van der Waals surface area contributed by atoms with E-state index < -0.39 is 23.4 Å². The lowest BCUT2D eigenvalue weighted by Gasteiger charge is -2.25. The topological polar surface area (TPSA) is 91.0 Å². The van der Waals surface area contributed by atoms with E-state index >= 15 is 0 Å². The zero-order valence-corrected chi connectivity index (χ0v) is 19.5. The second-order valence-corrected chi connectivity index (χ2v) is 7.87. The Morgan fingerprint density at radius 3 is 2.36 bits per heavy atom. The van der Waals surface area contributed by atoms with Crippen LogP contribution in [-0.2, 0) is 15.1 Å².